The lowest BCUT2D eigenvalue weighted by Crippen LogP contribution is -2.42. The maximum absolute atomic E-state index is 13.2. The van der Waals surface area contributed by atoms with Crippen molar-refractivity contribution in [2.75, 3.05) is 4.90 Å². The molecule has 1 heterocycles. The van der Waals surface area contributed by atoms with Crippen molar-refractivity contribution >= 4 is 23.0 Å². The van der Waals surface area contributed by atoms with Crippen LogP contribution in [0.4, 0.5) is 11.4 Å². The van der Waals surface area contributed by atoms with Gasteiger partial charge in [-0.05, 0) is 18.2 Å². The van der Waals surface area contributed by atoms with E-state index in [9.17, 15) is 20.2 Å². The lowest BCUT2D eigenvalue weighted by atomic mass is 9.97. The van der Waals surface area contributed by atoms with Crippen molar-refractivity contribution in [1.29, 1.82) is 5.26 Å². The lowest BCUT2D eigenvalue weighted by molar-refractivity contribution is -0.384. The zero-order valence-corrected chi connectivity index (χ0v) is 15.1. The standard InChI is InChI=1S/C22H14N4O3/c23-14-20-24-21(15-6-2-1-3-7-15)18-8-4-5-9-19(18)25(20)22(27)16-10-12-17(13-11-16)26(28)29/h1-13,20H/t20-/m1/s1. The topological polar surface area (TPSA) is 99.6 Å². The predicted octanol–water partition coefficient (Wildman–Crippen LogP) is 3.94. The lowest BCUT2D eigenvalue weighted by Gasteiger charge is -2.32. The Morgan fingerprint density at radius 3 is 2.31 bits per heavy atom. The van der Waals surface area contributed by atoms with Crippen LogP contribution in [0.5, 0.6) is 0 Å². The molecular weight excluding hydrogens is 368 g/mol. The van der Waals surface area contributed by atoms with Gasteiger partial charge in [-0.1, -0.05) is 48.5 Å². The third-order valence-electron chi connectivity index (χ3n) is 4.62. The Balaban J connectivity index is 1.80. The summed E-state index contributed by atoms with van der Waals surface area (Å²) in [4.78, 5) is 29.4. The normalized spacial score (nSPS) is 15.1. The van der Waals surface area contributed by atoms with Gasteiger partial charge in [0, 0.05) is 28.8 Å². The Morgan fingerprint density at radius 1 is 1.00 bits per heavy atom. The summed E-state index contributed by atoms with van der Waals surface area (Å²) in [5.41, 5.74) is 2.92. The molecule has 0 bridgehead atoms. The van der Waals surface area contributed by atoms with Crippen molar-refractivity contribution in [2.24, 2.45) is 4.99 Å². The summed E-state index contributed by atoms with van der Waals surface area (Å²) in [6.07, 6.45) is -1.05. The number of nitriles is 1. The average molecular weight is 382 g/mol. The van der Waals surface area contributed by atoms with Gasteiger partial charge in [-0.15, -0.1) is 0 Å². The number of amides is 1. The van der Waals surface area contributed by atoms with Gasteiger partial charge in [0.1, 0.15) is 6.07 Å². The van der Waals surface area contributed by atoms with Crippen LogP contribution in [-0.2, 0) is 0 Å². The molecule has 4 rings (SSSR count). The van der Waals surface area contributed by atoms with Crippen LogP contribution in [-0.4, -0.2) is 22.7 Å². The monoisotopic (exact) mass is 382 g/mol. The molecule has 29 heavy (non-hydrogen) atoms. The fourth-order valence-electron chi connectivity index (χ4n) is 3.26. The summed E-state index contributed by atoms with van der Waals surface area (Å²) >= 11 is 0. The maximum atomic E-state index is 13.2. The molecule has 0 unspecified atom stereocenters. The molecule has 1 aliphatic heterocycles. The van der Waals surface area contributed by atoms with Crippen molar-refractivity contribution < 1.29 is 9.72 Å². The molecule has 1 atom stereocenters. The van der Waals surface area contributed by atoms with Crippen LogP contribution in [0.3, 0.4) is 0 Å². The summed E-state index contributed by atoms with van der Waals surface area (Å²) in [5, 5.41) is 20.6. The molecule has 0 saturated carbocycles. The largest absolute Gasteiger partial charge is 0.272 e. The van der Waals surface area contributed by atoms with Gasteiger partial charge in [0.25, 0.3) is 11.6 Å². The number of fused-ring (bicyclic) bond motifs is 1. The zero-order valence-electron chi connectivity index (χ0n) is 15.1. The highest BCUT2D eigenvalue weighted by atomic mass is 16.6. The van der Waals surface area contributed by atoms with E-state index in [-0.39, 0.29) is 11.3 Å². The van der Waals surface area contributed by atoms with E-state index in [0.717, 1.165) is 11.1 Å². The van der Waals surface area contributed by atoms with Crippen LogP contribution in [0.2, 0.25) is 0 Å². The van der Waals surface area contributed by atoms with Crippen LogP contribution in [0.1, 0.15) is 21.5 Å². The van der Waals surface area contributed by atoms with E-state index in [1.807, 2.05) is 42.5 Å². The van der Waals surface area contributed by atoms with Crippen molar-refractivity contribution in [1.82, 2.24) is 0 Å². The van der Waals surface area contributed by atoms with Crippen LogP contribution >= 0.6 is 0 Å². The number of aliphatic imine (C=N–C) groups is 1. The Kier molecular flexibility index (Phi) is 4.59. The first-order chi connectivity index (χ1) is 14.1. The Morgan fingerprint density at radius 2 is 1.66 bits per heavy atom. The minimum atomic E-state index is -1.05. The number of carbonyl (C=O) groups excluding carboxylic acids is 1. The highest BCUT2D eigenvalue weighted by Crippen LogP contribution is 2.32. The highest BCUT2D eigenvalue weighted by Gasteiger charge is 2.33. The second kappa shape index (κ2) is 7.37. The average Bonchev–Trinajstić information content (AvgIpc) is 2.78. The summed E-state index contributed by atoms with van der Waals surface area (Å²) in [7, 11) is 0. The predicted molar refractivity (Wildman–Crippen MR) is 108 cm³/mol. The van der Waals surface area contributed by atoms with Gasteiger partial charge in [-0.3, -0.25) is 19.8 Å². The van der Waals surface area contributed by atoms with E-state index in [0.29, 0.717) is 11.4 Å². The number of carbonyl (C=O) groups is 1. The molecule has 1 amide bonds. The number of rotatable bonds is 3. The maximum Gasteiger partial charge on any atom is 0.269 e. The van der Waals surface area contributed by atoms with Crippen molar-refractivity contribution in [3.63, 3.8) is 0 Å². The summed E-state index contributed by atoms with van der Waals surface area (Å²) < 4.78 is 0. The van der Waals surface area contributed by atoms with Crippen molar-refractivity contribution in [3.05, 3.63) is 106 Å². The number of para-hydroxylation sites is 1. The van der Waals surface area contributed by atoms with Gasteiger partial charge in [0.15, 0.2) is 0 Å². The second-order valence-electron chi connectivity index (χ2n) is 6.34. The number of nitro benzene ring substituents is 1. The Labute approximate surface area is 166 Å². The van der Waals surface area contributed by atoms with Gasteiger partial charge in [-0.2, -0.15) is 5.26 Å². The van der Waals surface area contributed by atoms with E-state index in [4.69, 9.17) is 0 Å². The molecule has 0 aliphatic carbocycles. The second-order valence-corrected chi connectivity index (χ2v) is 6.34. The van der Waals surface area contributed by atoms with Crippen LogP contribution in [0.25, 0.3) is 0 Å². The number of nitrogens with zero attached hydrogens (tertiary/aromatic N) is 4. The van der Waals surface area contributed by atoms with Crippen LogP contribution in [0, 0.1) is 21.4 Å². The molecule has 140 valence electrons. The summed E-state index contributed by atoms with van der Waals surface area (Å²) in [5.74, 6) is -0.449. The smallest absolute Gasteiger partial charge is 0.269 e. The molecule has 0 spiro atoms. The van der Waals surface area contributed by atoms with Crippen LogP contribution < -0.4 is 4.90 Å². The van der Waals surface area contributed by atoms with Crippen LogP contribution in [0.15, 0.2) is 83.9 Å². The highest BCUT2D eigenvalue weighted by molar-refractivity contribution is 6.20. The number of nitro groups is 1. The molecule has 0 radical (unpaired) electrons. The molecule has 0 fully saturated rings. The molecule has 0 saturated heterocycles. The van der Waals surface area contributed by atoms with Gasteiger partial charge in [0.2, 0.25) is 6.17 Å². The molecular formula is C22H14N4O3. The Hall–Kier alpha value is -4.31. The fourth-order valence-corrected chi connectivity index (χ4v) is 3.26. The van der Waals surface area contributed by atoms with E-state index in [2.05, 4.69) is 11.1 Å². The SMILES string of the molecule is N#C[C@@H]1N=C(c2ccccc2)c2ccccc2N1C(=O)c1ccc([N+](=O)[O-])cc1. The Bertz CT molecular complexity index is 1160. The molecule has 1 aliphatic rings. The first kappa shape index (κ1) is 18.1. The zero-order chi connectivity index (χ0) is 20.4. The molecule has 7 nitrogen and oxygen atoms in total. The number of anilines is 1. The minimum Gasteiger partial charge on any atom is -0.272 e. The van der Waals surface area contributed by atoms with E-state index < -0.39 is 17.0 Å². The van der Waals surface area contributed by atoms with Crippen molar-refractivity contribution in [3.8, 4) is 6.07 Å². The van der Waals surface area contributed by atoms with Gasteiger partial charge >= 0.3 is 0 Å². The molecule has 3 aromatic rings. The summed E-state index contributed by atoms with van der Waals surface area (Å²) in [6, 6.07) is 24.1. The first-order valence-electron chi connectivity index (χ1n) is 8.80. The van der Waals surface area contributed by atoms with E-state index in [1.165, 1.54) is 29.2 Å². The van der Waals surface area contributed by atoms with E-state index in [1.54, 1.807) is 12.1 Å². The number of hydrogen-bond acceptors (Lipinski definition) is 5. The molecule has 0 aromatic heterocycles. The van der Waals surface area contributed by atoms with Gasteiger partial charge in [-0.25, -0.2) is 4.99 Å². The number of non-ortho nitro benzene ring substituents is 1. The van der Waals surface area contributed by atoms with E-state index >= 15 is 0 Å². The summed E-state index contributed by atoms with van der Waals surface area (Å²) in [6.45, 7) is 0. The number of benzene rings is 3. The quantitative estimate of drug-likeness (QED) is 0.506. The molecule has 7 heteroatoms. The van der Waals surface area contributed by atoms with Crippen molar-refractivity contribution in [2.45, 2.75) is 6.17 Å². The first-order valence-corrected chi connectivity index (χ1v) is 8.80. The fraction of sp³-hybridized carbons (Fsp3) is 0.0455. The number of hydrogen-bond donors (Lipinski definition) is 0. The third-order valence-corrected chi connectivity index (χ3v) is 4.62. The third kappa shape index (κ3) is 3.24. The molecule has 3 aromatic carbocycles. The van der Waals surface area contributed by atoms with Gasteiger partial charge in [0.05, 0.1) is 16.3 Å². The molecule has 0 N–H and O–H groups in total. The van der Waals surface area contributed by atoms with Gasteiger partial charge < -0.3 is 0 Å². The minimum absolute atomic E-state index is 0.109.